The monoisotopic (exact) mass is 238 g/mol. The van der Waals surface area contributed by atoms with Gasteiger partial charge < -0.3 is 11.1 Å². The fraction of sp³-hybridized carbons (Fsp3) is 0.333. The standard InChI is InChI=1S/C12H15FN2O2/c1-7-5-9(3-4-10(7)13)12(17)15-8(2)6-11(14)16/h3-5,8H,6H2,1-2H3,(H2,14,16)(H,15,17). The first-order valence-corrected chi connectivity index (χ1v) is 5.25. The average Bonchev–Trinajstić information content (AvgIpc) is 2.20. The second-order valence-corrected chi connectivity index (χ2v) is 4.01. The Bertz CT molecular complexity index is 446. The molecular formula is C12H15FN2O2. The van der Waals surface area contributed by atoms with Crippen molar-refractivity contribution >= 4 is 11.8 Å². The van der Waals surface area contributed by atoms with Crippen LogP contribution in [0.4, 0.5) is 4.39 Å². The zero-order valence-corrected chi connectivity index (χ0v) is 9.79. The zero-order chi connectivity index (χ0) is 13.0. The topological polar surface area (TPSA) is 72.2 Å². The Labute approximate surface area is 99.0 Å². The van der Waals surface area contributed by atoms with Crippen LogP contribution >= 0.6 is 0 Å². The van der Waals surface area contributed by atoms with E-state index in [1.807, 2.05) is 0 Å². The maximum absolute atomic E-state index is 13.0. The zero-order valence-electron chi connectivity index (χ0n) is 9.79. The number of hydrogen-bond donors (Lipinski definition) is 2. The second-order valence-electron chi connectivity index (χ2n) is 4.01. The van der Waals surface area contributed by atoms with Crippen LogP contribution in [0.1, 0.15) is 29.3 Å². The van der Waals surface area contributed by atoms with Crippen LogP contribution in [0.3, 0.4) is 0 Å². The van der Waals surface area contributed by atoms with Gasteiger partial charge in [0.25, 0.3) is 5.91 Å². The van der Waals surface area contributed by atoms with Crippen LogP contribution in [-0.4, -0.2) is 17.9 Å². The number of benzene rings is 1. The molecule has 0 saturated heterocycles. The third-order valence-electron chi connectivity index (χ3n) is 2.30. The molecule has 1 atom stereocenters. The van der Waals surface area contributed by atoms with Gasteiger partial charge in [-0.1, -0.05) is 0 Å². The minimum atomic E-state index is -0.479. The molecule has 0 saturated carbocycles. The van der Waals surface area contributed by atoms with Crippen LogP contribution in [0.5, 0.6) is 0 Å². The fourth-order valence-corrected chi connectivity index (χ4v) is 1.45. The summed E-state index contributed by atoms with van der Waals surface area (Å²) < 4.78 is 13.0. The second kappa shape index (κ2) is 5.43. The number of amides is 2. The number of nitrogens with two attached hydrogens (primary N) is 1. The fourth-order valence-electron chi connectivity index (χ4n) is 1.45. The molecule has 0 aliphatic carbocycles. The van der Waals surface area contributed by atoms with Crippen molar-refractivity contribution in [3.63, 3.8) is 0 Å². The summed E-state index contributed by atoms with van der Waals surface area (Å²) in [4.78, 5) is 22.4. The maximum atomic E-state index is 13.0. The highest BCUT2D eigenvalue weighted by Gasteiger charge is 2.12. The molecule has 0 aromatic heterocycles. The highest BCUT2D eigenvalue weighted by atomic mass is 19.1. The minimum absolute atomic E-state index is 0.0753. The number of aryl methyl sites for hydroxylation is 1. The molecule has 1 aromatic rings. The van der Waals surface area contributed by atoms with Crippen molar-refractivity contribution in [1.29, 1.82) is 0 Å². The SMILES string of the molecule is Cc1cc(C(=O)NC(C)CC(N)=O)ccc1F. The van der Waals surface area contributed by atoms with Gasteiger partial charge in [0.15, 0.2) is 0 Å². The third-order valence-corrected chi connectivity index (χ3v) is 2.30. The van der Waals surface area contributed by atoms with Crippen molar-refractivity contribution in [1.82, 2.24) is 5.32 Å². The van der Waals surface area contributed by atoms with Crippen molar-refractivity contribution < 1.29 is 14.0 Å². The number of carbonyl (C=O) groups excluding carboxylic acids is 2. The van der Waals surface area contributed by atoms with E-state index in [0.29, 0.717) is 11.1 Å². The number of halogens is 1. The Hall–Kier alpha value is -1.91. The Morgan fingerprint density at radius 2 is 2.12 bits per heavy atom. The summed E-state index contributed by atoms with van der Waals surface area (Å²) in [5.41, 5.74) is 5.78. The first-order valence-electron chi connectivity index (χ1n) is 5.25. The van der Waals surface area contributed by atoms with Crippen LogP contribution in [0, 0.1) is 12.7 Å². The molecule has 4 nitrogen and oxygen atoms in total. The molecule has 0 spiro atoms. The molecular weight excluding hydrogens is 223 g/mol. The summed E-state index contributed by atoms with van der Waals surface area (Å²) in [7, 11) is 0. The van der Waals surface area contributed by atoms with Gasteiger partial charge in [-0.2, -0.15) is 0 Å². The van der Waals surface area contributed by atoms with E-state index in [2.05, 4.69) is 5.32 Å². The molecule has 0 radical (unpaired) electrons. The normalized spacial score (nSPS) is 11.9. The van der Waals surface area contributed by atoms with Crippen LogP contribution < -0.4 is 11.1 Å². The third kappa shape index (κ3) is 3.86. The van der Waals surface area contributed by atoms with Crippen molar-refractivity contribution in [2.24, 2.45) is 5.73 Å². The van der Waals surface area contributed by atoms with E-state index in [0.717, 1.165) is 0 Å². The molecule has 0 aliphatic heterocycles. The Morgan fingerprint density at radius 3 is 2.65 bits per heavy atom. The molecule has 5 heteroatoms. The van der Waals surface area contributed by atoms with Crippen molar-refractivity contribution in [2.75, 3.05) is 0 Å². The van der Waals surface area contributed by atoms with Crippen molar-refractivity contribution in [2.45, 2.75) is 26.3 Å². The van der Waals surface area contributed by atoms with Gasteiger partial charge in [0.2, 0.25) is 5.91 Å². The van der Waals surface area contributed by atoms with Crippen LogP contribution in [-0.2, 0) is 4.79 Å². The molecule has 1 unspecified atom stereocenters. The Balaban J connectivity index is 2.70. The lowest BCUT2D eigenvalue weighted by molar-refractivity contribution is -0.118. The van der Waals surface area contributed by atoms with E-state index in [1.54, 1.807) is 13.8 Å². The molecule has 0 bridgehead atoms. The minimum Gasteiger partial charge on any atom is -0.370 e. The smallest absolute Gasteiger partial charge is 0.251 e. The van der Waals surface area contributed by atoms with E-state index >= 15 is 0 Å². The van der Waals surface area contributed by atoms with Crippen molar-refractivity contribution in [3.8, 4) is 0 Å². The van der Waals surface area contributed by atoms with Gasteiger partial charge in [0.05, 0.1) is 0 Å². The summed E-state index contributed by atoms with van der Waals surface area (Å²) in [5.74, 6) is -1.18. The molecule has 2 amide bonds. The number of nitrogens with one attached hydrogen (secondary N) is 1. The molecule has 1 rings (SSSR count). The molecule has 92 valence electrons. The number of hydrogen-bond acceptors (Lipinski definition) is 2. The Morgan fingerprint density at radius 1 is 1.47 bits per heavy atom. The summed E-state index contributed by atoms with van der Waals surface area (Å²) in [6, 6.07) is 3.75. The van der Waals surface area contributed by atoms with Gasteiger partial charge in [-0.25, -0.2) is 4.39 Å². The lowest BCUT2D eigenvalue weighted by atomic mass is 10.1. The van der Waals surface area contributed by atoms with E-state index < -0.39 is 5.91 Å². The highest BCUT2D eigenvalue weighted by molar-refractivity contribution is 5.94. The van der Waals surface area contributed by atoms with Gasteiger partial charge in [-0.15, -0.1) is 0 Å². The van der Waals surface area contributed by atoms with E-state index in [4.69, 9.17) is 5.73 Å². The van der Waals surface area contributed by atoms with E-state index in [1.165, 1.54) is 18.2 Å². The largest absolute Gasteiger partial charge is 0.370 e. The van der Waals surface area contributed by atoms with E-state index in [-0.39, 0.29) is 24.2 Å². The van der Waals surface area contributed by atoms with Crippen LogP contribution in [0.2, 0.25) is 0 Å². The summed E-state index contributed by atoms with van der Waals surface area (Å²) >= 11 is 0. The predicted octanol–water partition coefficient (Wildman–Crippen LogP) is 1.13. The maximum Gasteiger partial charge on any atom is 0.251 e. The molecule has 1 aromatic carbocycles. The first kappa shape index (κ1) is 13.2. The van der Waals surface area contributed by atoms with Gasteiger partial charge in [-0.3, -0.25) is 9.59 Å². The van der Waals surface area contributed by atoms with Crippen LogP contribution in [0.25, 0.3) is 0 Å². The molecule has 17 heavy (non-hydrogen) atoms. The molecule has 0 aliphatic rings. The predicted molar refractivity (Wildman–Crippen MR) is 61.9 cm³/mol. The number of rotatable bonds is 4. The van der Waals surface area contributed by atoms with Gasteiger partial charge in [-0.05, 0) is 37.6 Å². The average molecular weight is 238 g/mol. The molecule has 3 N–H and O–H groups in total. The van der Waals surface area contributed by atoms with Crippen LogP contribution in [0.15, 0.2) is 18.2 Å². The quantitative estimate of drug-likeness (QED) is 0.825. The van der Waals surface area contributed by atoms with Gasteiger partial charge in [0, 0.05) is 18.0 Å². The van der Waals surface area contributed by atoms with Crippen molar-refractivity contribution in [3.05, 3.63) is 35.1 Å². The highest BCUT2D eigenvalue weighted by Crippen LogP contribution is 2.09. The molecule has 0 heterocycles. The first-order chi connectivity index (χ1) is 7.90. The summed E-state index contributed by atoms with van der Waals surface area (Å²) in [6.45, 7) is 3.26. The molecule has 0 fully saturated rings. The summed E-state index contributed by atoms with van der Waals surface area (Å²) in [5, 5.41) is 2.61. The lowest BCUT2D eigenvalue weighted by Gasteiger charge is -2.12. The number of primary amides is 1. The Kier molecular flexibility index (Phi) is 4.20. The lowest BCUT2D eigenvalue weighted by Crippen LogP contribution is -2.35. The number of carbonyl (C=O) groups is 2. The van der Waals surface area contributed by atoms with E-state index in [9.17, 15) is 14.0 Å². The van der Waals surface area contributed by atoms with Gasteiger partial charge >= 0.3 is 0 Å². The van der Waals surface area contributed by atoms with Gasteiger partial charge in [0.1, 0.15) is 5.82 Å². The summed E-state index contributed by atoms with van der Waals surface area (Å²) in [6.07, 6.45) is 0.0753.